The molecule has 0 fully saturated rings. The Hall–Kier alpha value is -2.69. The van der Waals surface area contributed by atoms with Gasteiger partial charge in [0, 0.05) is 36.4 Å². The highest BCUT2D eigenvalue weighted by atomic mass is 16.7. The predicted octanol–water partition coefficient (Wildman–Crippen LogP) is 3.97. The van der Waals surface area contributed by atoms with E-state index < -0.39 is 0 Å². The fraction of sp³-hybridized carbons (Fsp3) is 0.350. The Morgan fingerprint density at radius 1 is 1.12 bits per heavy atom. The van der Waals surface area contributed by atoms with Crippen LogP contribution in [0.3, 0.4) is 0 Å². The molecule has 1 amide bonds. The summed E-state index contributed by atoms with van der Waals surface area (Å²) >= 11 is 0. The molecule has 0 atom stereocenters. The van der Waals surface area contributed by atoms with Crippen LogP contribution in [-0.4, -0.2) is 25.3 Å². The molecule has 1 aliphatic rings. The molecule has 1 heterocycles. The lowest BCUT2D eigenvalue weighted by atomic mass is 10.1. The fourth-order valence-corrected chi connectivity index (χ4v) is 2.84. The molecule has 2 aromatic carbocycles. The summed E-state index contributed by atoms with van der Waals surface area (Å²) < 4.78 is 10.6. The van der Waals surface area contributed by atoms with Crippen LogP contribution < -0.4 is 19.7 Å². The Bertz CT molecular complexity index is 741. The molecule has 0 radical (unpaired) electrons. The van der Waals surface area contributed by atoms with Crippen molar-refractivity contribution < 1.29 is 14.3 Å². The maximum absolute atomic E-state index is 12.3. The van der Waals surface area contributed by atoms with Gasteiger partial charge in [0.15, 0.2) is 11.5 Å². The SMILES string of the molecule is Cc1ccc(N(CCC(=O)Nc2ccc3c(c2)OCO3)C(C)C)cc1. The van der Waals surface area contributed by atoms with Gasteiger partial charge >= 0.3 is 0 Å². The predicted molar refractivity (Wildman–Crippen MR) is 99.5 cm³/mol. The molecule has 3 rings (SSSR count). The van der Waals surface area contributed by atoms with Gasteiger partial charge in [0.05, 0.1) is 0 Å². The maximum atomic E-state index is 12.3. The number of anilines is 2. The first-order valence-electron chi connectivity index (χ1n) is 8.56. The summed E-state index contributed by atoms with van der Waals surface area (Å²) in [6.45, 7) is 7.23. The summed E-state index contributed by atoms with van der Waals surface area (Å²) in [6.07, 6.45) is 0.417. The first kappa shape index (κ1) is 17.1. The van der Waals surface area contributed by atoms with E-state index in [0.717, 1.165) is 11.4 Å². The summed E-state index contributed by atoms with van der Waals surface area (Å²) in [6, 6.07) is 14.1. The van der Waals surface area contributed by atoms with Crippen molar-refractivity contribution in [1.82, 2.24) is 0 Å². The fourth-order valence-electron chi connectivity index (χ4n) is 2.84. The molecule has 0 bridgehead atoms. The molecular weight excluding hydrogens is 316 g/mol. The molecular formula is C20H24N2O3. The third-order valence-electron chi connectivity index (χ3n) is 4.23. The van der Waals surface area contributed by atoms with Crippen LogP contribution in [0.25, 0.3) is 0 Å². The molecule has 0 spiro atoms. The van der Waals surface area contributed by atoms with Gasteiger partial charge < -0.3 is 19.7 Å². The van der Waals surface area contributed by atoms with Crippen LogP contribution in [0.2, 0.25) is 0 Å². The molecule has 132 valence electrons. The summed E-state index contributed by atoms with van der Waals surface area (Å²) in [5, 5.41) is 2.93. The minimum absolute atomic E-state index is 0.0170. The molecule has 0 aromatic heterocycles. The molecule has 1 N–H and O–H groups in total. The zero-order valence-corrected chi connectivity index (χ0v) is 14.9. The number of aryl methyl sites for hydroxylation is 1. The number of rotatable bonds is 6. The number of fused-ring (bicyclic) bond motifs is 1. The van der Waals surface area contributed by atoms with Gasteiger partial charge in [0.25, 0.3) is 0 Å². The topological polar surface area (TPSA) is 50.8 Å². The van der Waals surface area contributed by atoms with E-state index in [4.69, 9.17) is 9.47 Å². The Balaban J connectivity index is 1.59. The first-order chi connectivity index (χ1) is 12.0. The number of hydrogen-bond acceptors (Lipinski definition) is 4. The van der Waals surface area contributed by atoms with Crippen molar-refractivity contribution in [2.24, 2.45) is 0 Å². The standard InChI is InChI=1S/C20H24N2O3/c1-14(2)22(17-7-4-15(3)5-8-17)11-10-20(23)21-16-6-9-18-19(12-16)25-13-24-18/h4-9,12,14H,10-11,13H2,1-3H3,(H,21,23). The van der Waals surface area contributed by atoms with Gasteiger partial charge in [-0.05, 0) is 45.0 Å². The summed E-state index contributed by atoms with van der Waals surface area (Å²) in [5.41, 5.74) is 3.09. The van der Waals surface area contributed by atoms with Crippen molar-refractivity contribution in [1.29, 1.82) is 0 Å². The summed E-state index contributed by atoms with van der Waals surface area (Å²) in [7, 11) is 0. The largest absolute Gasteiger partial charge is 0.454 e. The second-order valence-corrected chi connectivity index (χ2v) is 6.49. The Morgan fingerprint density at radius 3 is 2.56 bits per heavy atom. The van der Waals surface area contributed by atoms with Crippen LogP contribution in [0.1, 0.15) is 25.8 Å². The molecule has 25 heavy (non-hydrogen) atoms. The Labute approximate surface area is 148 Å². The van der Waals surface area contributed by atoms with Crippen LogP contribution in [0.15, 0.2) is 42.5 Å². The zero-order chi connectivity index (χ0) is 17.8. The van der Waals surface area contributed by atoms with Crippen LogP contribution in [0, 0.1) is 6.92 Å². The van der Waals surface area contributed by atoms with E-state index in [1.807, 2.05) is 12.1 Å². The normalized spacial score (nSPS) is 12.3. The molecule has 0 unspecified atom stereocenters. The van der Waals surface area contributed by atoms with Crippen LogP contribution in [-0.2, 0) is 4.79 Å². The van der Waals surface area contributed by atoms with E-state index in [9.17, 15) is 4.79 Å². The minimum atomic E-state index is -0.0170. The van der Waals surface area contributed by atoms with E-state index in [2.05, 4.69) is 55.3 Å². The van der Waals surface area contributed by atoms with Crippen LogP contribution >= 0.6 is 0 Å². The Kier molecular flexibility index (Phi) is 5.12. The van der Waals surface area contributed by atoms with Crippen molar-refractivity contribution in [2.75, 3.05) is 23.6 Å². The molecule has 1 aliphatic heterocycles. The third kappa shape index (κ3) is 4.24. The lowest BCUT2D eigenvalue weighted by Gasteiger charge is -2.29. The number of amides is 1. The maximum Gasteiger partial charge on any atom is 0.231 e. The summed E-state index contributed by atoms with van der Waals surface area (Å²) in [4.78, 5) is 14.6. The van der Waals surface area contributed by atoms with Gasteiger partial charge in [-0.1, -0.05) is 17.7 Å². The number of carbonyl (C=O) groups is 1. The van der Waals surface area contributed by atoms with Gasteiger partial charge in [0.1, 0.15) is 0 Å². The molecule has 0 aliphatic carbocycles. The minimum Gasteiger partial charge on any atom is -0.454 e. The molecule has 5 nitrogen and oxygen atoms in total. The highest BCUT2D eigenvalue weighted by Crippen LogP contribution is 2.34. The zero-order valence-electron chi connectivity index (χ0n) is 14.9. The first-order valence-corrected chi connectivity index (χ1v) is 8.56. The van der Waals surface area contributed by atoms with Gasteiger partial charge in [-0.15, -0.1) is 0 Å². The monoisotopic (exact) mass is 340 g/mol. The molecule has 5 heteroatoms. The van der Waals surface area contributed by atoms with E-state index >= 15 is 0 Å². The van der Waals surface area contributed by atoms with Crippen molar-refractivity contribution >= 4 is 17.3 Å². The van der Waals surface area contributed by atoms with E-state index in [-0.39, 0.29) is 12.7 Å². The van der Waals surface area contributed by atoms with Crippen molar-refractivity contribution in [3.05, 3.63) is 48.0 Å². The summed E-state index contributed by atoms with van der Waals surface area (Å²) in [5.74, 6) is 1.36. The van der Waals surface area contributed by atoms with Crippen molar-refractivity contribution in [2.45, 2.75) is 33.2 Å². The second-order valence-electron chi connectivity index (χ2n) is 6.49. The Morgan fingerprint density at radius 2 is 1.84 bits per heavy atom. The van der Waals surface area contributed by atoms with E-state index in [1.54, 1.807) is 6.07 Å². The van der Waals surface area contributed by atoms with Crippen LogP contribution in [0.4, 0.5) is 11.4 Å². The quantitative estimate of drug-likeness (QED) is 0.864. The number of ether oxygens (including phenoxy) is 2. The second kappa shape index (κ2) is 7.47. The molecule has 2 aromatic rings. The van der Waals surface area contributed by atoms with Crippen molar-refractivity contribution in [3.8, 4) is 11.5 Å². The number of hydrogen-bond donors (Lipinski definition) is 1. The van der Waals surface area contributed by atoms with Crippen molar-refractivity contribution in [3.63, 3.8) is 0 Å². The average Bonchev–Trinajstić information content (AvgIpc) is 3.04. The third-order valence-corrected chi connectivity index (χ3v) is 4.23. The van der Waals surface area contributed by atoms with Gasteiger partial charge in [-0.3, -0.25) is 4.79 Å². The molecule has 0 saturated heterocycles. The molecule has 0 saturated carbocycles. The number of carbonyl (C=O) groups excluding carboxylic acids is 1. The van der Waals surface area contributed by atoms with E-state index in [1.165, 1.54) is 5.56 Å². The number of benzene rings is 2. The lowest BCUT2D eigenvalue weighted by Crippen LogP contribution is -2.33. The number of nitrogens with zero attached hydrogens (tertiary/aromatic N) is 1. The smallest absolute Gasteiger partial charge is 0.231 e. The van der Waals surface area contributed by atoms with Gasteiger partial charge in [0.2, 0.25) is 12.7 Å². The van der Waals surface area contributed by atoms with Gasteiger partial charge in [-0.25, -0.2) is 0 Å². The van der Waals surface area contributed by atoms with Crippen LogP contribution in [0.5, 0.6) is 11.5 Å². The lowest BCUT2D eigenvalue weighted by molar-refractivity contribution is -0.116. The highest BCUT2D eigenvalue weighted by molar-refractivity contribution is 5.91. The van der Waals surface area contributed by atoms with Gasteiger partial charge in [-0.2, -0.15) is 0 Å². The number of nitrogens with one attached hydrogen (secondary N) is 1. The average molecular weight is 340 g/mol. The highest BCUT2D eigenvalue weighted by Gasteiger charge is 2.15. The van der Waals surface area contributed by atoms with E-state index in [0.29, 0.717) is 30.5 Å².